The lowest BCUT2D eigenvalue weighted by molar-refractivity contribution is 0.0807. The molecule has 2 rings (SSSR count). The van der Waals surface area contributed by atoms with Gasteiger partial charge < -0.3 is 9.84 Å². The molecule has 1 aliphatic heterocycles. The molecular weight excluding hydrogens is 224 g/mol. The first-order valence-corrected chi connectivity index (χ1v) is 6.07. The molecule has 0 spiro atoms. The SMILES string of the molecule is CC1CC(C(O)Cc2ccccc2Cl)CO1. The normalized spacial score (nSPS) is 26.9. The maximum absolute atomic E-state index is 10.1. The first kappa shape index (κ1) is 11.9. The van der Waals surface area contributed by atoms with Gasteiger partial charge >= 0.3 is 0 Å². The molecule has 3 unspecified atom stereocenters. The molecule has 16 heavy (non-hydrogen) atoms. The van der Waals surface area contributed by atoms with Crippen LogP contribution in [0.25, 0.3) is 0 Å². The minimum absolute atomic E-state index is 0.242. The van der Waals surface area contributed by atoms with E-state index in [1.165, 1.54) is 0 Å². The Hall–Kier alpha value is -0.570. The third-order valence-corrected chi connectivity index (χ3v) is 3.53. The Balaban J connectivity index is 1.97. The highest BCUT2D eigenvalue weighted by Gasteiger charge is 2.28. The Morgan fingerprint density at radius 1 is 1.50 bits per heavy atom. The van der Waals surface area contributed by atoms with Gasteiger partial charge in [-0.25, -0.2) is 0 Å². The summed E-state index contributed by atoms with van der Waals surface area (Å²) in [4.78, 5) is 0. The van der Waals surface area contributed by atoms with Crippen LogP contribution in [0, 0.1) is 5.92 Å². The van der Waals surface area contributed by atoms with Gasteiger partial charge in [0.25, 0.3) is 0 Å². The number of benzene rings is 1. The number of hydrogen-bond donors (Lipinski definition) is 1. The predicted octanol–water partition coefficient (Wildman–Crippen LogP) is 2.67. The number of halogens is 1. The highest BCUT2D eigenvalue weighted by molar-refractivity contribution is 6.31. The monoisotopic (exact) mass is 240 g/mol. The zero-order valence-electron chi connectivity index (χ0n) is 9.40. The molecule has 1 saturated heterocycles. The summed E-state index contributed by atoms with van der Waals surface area (Å²) >= 11 is 6.06. The van der Waals surface area contributed by atoms with Gasteiger partial charge in [-0.15, -0.1) is 0 Å². The van der Waals surface area contributed by atoms with Crippen molar-refractivity contribution in [1.82, 2.24) is 0 Å². The molecule has 3 atom stereocenters. The van der Waals surface area contributed by atoms with Gasteiger partial charge in [-0.05, 0) is 25.0 Å². The zero-order chi connectivity index (χ0) is 11.5. The number of ether oxygens (including phenoxy) is 1. The van der Waals surface area contributed by atoms with Gasteiger partial charge in [0.05, 0.1) is 18.8 Å². The average Bonchev–Trinajstić information content (AvgIpc) is 2.68. The second kappa shape index (κ2) is 5.17. The smallest absolute Gasteiger partial charge is 0.0632 e. The van der Waals surface area contributed by atoms with Crippen LogP contribution in [0.3, 0.4) is 0 Å². The molecule has 0 aromatic heterocycles. The number of aliphatic hydroxyl groups is 1. The summed E-state index contributed by atoms with van der Waals surface area (Å²) in [6.45, 7) is 2.70. The molecule has 0 bridgehead atoms. The molecule has 1 aromatic rings. The lowest BCUT2D eigenvalue weighted by Crippen LogP contribution is -2.23. The van der Waals surface area contributed by atoms with Crippen molar-refractivity contribution < 1.29 is 9.84 Å². The Labute approximate surface area is 101 Å². The molecule has 0 saturated carbocycles. The van der Waals surface area contributed by atoms with Gasteiger partial charge in [0.1, 0.15) is 0 Å². The van der Waals surface area contributed by atoms with E-state index >= 15 is 0 Å². The molecule has 1 fully saturated rings. The molecule has 0 aliphatic carbocycles. The van der Waals surface area contributed by atoms with Crippen LogP contribution in [0.2, 0.25) is 5.02 Å². The van der Waals surface area contributed by atoms with E-state index in [0.29, 0.717) is 13.0 Å². The van der Waals surface area contributed by atoms with Gasteiger partial charge in [-0.2, -0.15) is 0 Å². The fourth-order valence-electron chi connectivity index (χ4n) is 2.17. The summed E-state index contributed by atoms with van der Waals surface area (Å²) in [5.74, 6) is 0.242. The van der Waals surface area contributed by atoms with Crippen molar-refractivity contribution in [3.05, 3.63) is 34.9 Å². The maximum atomic E-state index is 10.1. The van der Waals surface area contributed by atoms with E-state index in [2.05, 4.69) is 0 Å². The van der Waals surface area contributed by atoms with Crippen molar-refractivity contribution >= 4 is 11.6 Å². The van der Waals surface area contributed by atoms with Crippen LogP contribution in [0.4, 0.5) is 0 Å². The lowest BCUT2D eigenvalue weighted by Gasteiger charge is -2.17. The van der Waals surface area contributed by atoms with Crippen molar-refractivity contribution in [2.75, 3.05) is 6.61 Å². The van der Waals surface area contributed by atoms with Gasteiger partial charge in [0.15, 0.2) is 0 Å². The van der Waals surface area contributed by atoms with Crippen molar-refractivity contribution in [3.8, 4) is 0 Å². The van der Waals surface area contributed by atoms with E-state index < -0.39 is 0 Å². The molecule has 88 valence electrons. The Morgan fingerprint density at radius 2 is 2.25 bits per heavy atom. The van der Waals surface area contributed by atoms with E-state index in [1.807, 2.05) is 31.2 Å². The lowest BCUT2D eigenvalue weighted by atomic mass is 9.94. The predicted molar refractivity (Wildman–Crippen MR) is 64.7 cm³/mol. The molecule has 1 heterocycles. The van der Waals surface area contributed by atoms with E-state index in [9.17, 15) is 5.11 Å². The van der Waals surface area contributed by atoms with Crippen LogP contribution in [0.1, 0.15) is 18.9 Å². The quantitative estimate of drug-likeness (QED) is 0.880. The summed E-state index contributed by atoms with van der Waals surface area (Å²) < 4.78 is 5.46. The van der Waals surface area contributed by atoms with E-state index in [1.54, 1.807) is 0 Å². The minimum atomic E-state index is -0.357. The molecule has 0 amide bonds. The summed E-state index contributed by atoms with van der Waals surface area (Å²) in [5.41, 5.74) is 1.01. The summed E-state index contributed by atoms with van der Waals surface area (Å²) in [7, 11) is 0. The van der Waals surface area contributed by atoms with Crippen LogP contribution in [0.15, 0.2) is 24.3 Å². The largest absolute Gasteiger partial charge is 0.392 e. The van der Waals surface area contributed by atoms with E-state index in [0.717, 1.165) is 17.0 Å². The molecule has 0 radical (unpaired) electrons. The van der Waals surface area contributed by atoms with Crippen LogP contribution in [-0.2, 0) is 11.2 Å². The Bertz CT molecular complexity index is 354. The Kier molecular flexibility index (Phi) is 3.85. The van der Waals surface area contributed by atoms with Gasteiger partial charge in [-0.3, -0.25) is 0 Å². The standard InChI is InChI=1S/C13H17ClO2/c1-9-6-11(8-16-9)13(15)7-10-4-2-3-5-12(10)14/h2-5,9,11,13,15H,6-8H2,1H3. The van der Waals surface area contributed by atoms with Gasteiger partial charge in [-0.1, -0.05) is 29.8 Å². The summed E-state index contributed by atoms with van der Waals surface area (Å²) in [6.07, 6.45) is 1.46. The van der Waals surface area contributed by atoms with Crippen molar-refractivity contribution in [3.63, 3.8) is 0 Å². The molecular formula is C13H17ClO2. The Morgan fingerprint density at radius 3 is 2.88 bits per heavy atom. The zero-order valence-corrected chi connectivity index (χ0v) is 10.2. The molecule has 3 heteroatoms. The highest BCUT2D eigenvalue weighted by Crippen LogP contribution is 2.26. The van der Waals surface area contributed by atoms with Crippen LogP contribution in [-0.4, -0.2) is 23.9 Å². The second-order valence-electron chi connectivity index (χ2n) is 4.50. The van der Waals surface area contributed by atoms with Crippen LogP contribution >= 0.6 is 11.6 Å². The third-order valence-electron chi connectivity index (χ3n) is 3.16. The second-order valence-corrected chi connectivity index (χ2v) is 4.91. The van der Waals surface area contributed by atoms with Crippen molar-refractivity contribution in [2.24, 2.45) is 5.92 Å². The summed E-state index contributed by atoms with van der Waals surface area (Å²) in [5, 5.41) is 10.8. The average molecular weight is 241 g/mol. The topological polar surface area (TPSA) is 29.5 Å². The fraction of sp³-hybridized carbons (Fsp3) is 0.538. The third kappa shape index (κ3) is 2.76. The van der Waals surface area contributed by atoms with E-state index in [-0.39, 0.29) is 18.1 Å². The van der Waals surface area contributed by atoms with Gasteiger partial charge in [0, 0.05) is 17.4 Å². The molecule has 1 aromatic carbocycles. The van der Waals surface area contributed by atoms with Gasteiger partial charge in [0.2, 0.25) is 0 Å². The summed E-state index contributed by atoms with van der Waals surface area (Å²) in [6, 6.07) is 7.67. The van der Waals surface area contributed by atoms with Crippen LogP contribution in [0.5, 0.6) is 0 Å². The highest BCUT2D eigenvalue weighted by atomic mass is 35.5. The maximum Gasteiger partial charge on any atom is 0.0632 e. The number of rotatable bonds is 3. The fourth-order valence-corrected chi connectivity index (χ4v) is 2.39. The first-order valence-electron chi connectivity index (χ1n) is 5.70. The van der Waals surface area contributed by atoms with E-state index in [4.69, 9.17) is 16.3 Å². The molecule has 1 aliphatic rings. The van der Waals surface area contributed by atoms with Crippen LogP contribution < -0.4 is 0 Å². The number of aliphatic hydroxyl groups excluding tert-OH is 1. The van der Waals surface area contributed by atoms with Crippen molar-refractivity contribution in [2.45, 2.75) is 32.0 Å². The number of hydrogen-bond acceptors (Lipinski definition) is 2. The minimum Gasteiger partial charge on any atom is -0.392 e. The van der Waals surface area contributed by atoms with Crippen molar-refractivity contribution in [1.29, 1.82) is 0 Å². The first-order chi connectivity index (χ1) is 7.66. The molecule has 1 N–H and O–H groups in total. The molecule has 2 nitrogen and oxygen atoms in total.